The van der Waals surface area contributed by atoms with E-state index in [1.807, 2.05) is 6.07 Å². The largest absolute Gasteiger partial charge is 0.465 e. The molecule has 15 heteroatoms. The molecule has 3 aromatic carbocycles. The van der Waals surface area contributed by atoms with Crippen molar-refractivity contribution in [3.05, 3.63) is 117 Å². The van der Waals surface area contributed by atoms with E-state index in [4.69, 9.17) is 4.74 Å². The molecule has 10 nitrogen and oxygen atoms in total. The maximum atomic E-state index is 14.8. The Hall–Kier alpha value is -5.77. The fourth-order valence-electron chi connectivity index (χ4n) is 6.14. The molecular weight excluding hydrogens is 694 g/mol. The van der Waals surface area contributed by atoms with Crippen LogP contribution in [0.25, 0.3) is 11.1 Å². The van der Waals surface area contributed by atoms with Gasteiger partial charge in [-0.1, -0.05) is 30.3 Å². The summed E-state index contributed by atoms with van der Waals surface area (Å²) in [4.78, 5) is 41.3. The third kappa shape index (κ3) is 5.80. The first-order valence-electron chi connectivity index (χ1n) is 14.8. The molecule has 0 spiro atoms. The summed E-state index contributed by atoms with van der Waals surface area (Å²) in [5, 5.41) is 20.7. The van der Waals surface area contributed by atoms with Crippen LogP contribution in [0.5, 0.6) is 0 Å². The van der Waals surface area contributed by atoms with Crippen molar-refractivity contribution in [1.82, 2.24) is 4.31 Å². The van der Waals surface area contributed by atoms with E-state index in [0.29, 0.717) is 21.5 Å². The van der Waals surface area contributed by atoms with Gasteiger partial charge in [-0.2, -0.15) is 23.7 Å². The summed E-state index contributed by atoms with van der Waals surface area (Å²) in [6.45, 7) is 0. The number of thiophene rings is 1. The first kappa shape index (κ1) is 34.1. The molecule has 1 aromatic heterocycles. The maximum Gasteiger partial charge on any atom is 0.416 e. The second kappa shape index (κ2) is 12.9. The van der Waals surface area contributed by atoms with Gasteiger partial charge in [0.05, 0.1) is 46.5 Å². The zero-order valence-corrected chi connectivity index (χ0v) is 27.5. The highest BCUT2D eigenvalue weighted by atomic mass is 32.2. The summed E-state index contributed by atoms with van der Waals surface area (Å²) >= 11 is 0.727. The number of carbonyl (C=O) groups excluding carboxylic acids is 3. The number of esters is 1. The van der Waals surface area contributed by atoms with Gasteiger partial charge in [-0.05, 0) is 66.4 Å². The highest BCUT2D eigenvalue weighted by Crippen LogP contribution is 2.49. The number of nitrogens with zero attached hydrogens (tertiary/aromatic N) is 4. The first-order chi connectivity index (χ1) is 23.8. The third-order valence-corrected chi connectivity index (χ3v) is 11.1. The van der Waals surface area contributed by atoms with Crippen LogP contribution in [0.3, 0.4) is 0 Å². The average Bonchev–Trinajstić information content (AvgIpc) is 3.62. The quantitative estimate of drug-likeness (QED) is 0.188. The van der Waals surface area contributed by atoms with Crippen molar-refractivity contribution in [3.63, 3.8) is 0 Å². The van der Waals surface area contributed by atoms with Crippen molar-refractivity contribution >= 4 is 44.8 Å². The number of carbonyl (C=O) groups is 3. The smallest absolute Gasteiger partial charge is 0.416 e. The summed E-state index contributed by atoms with van der Waals surface area (Å²) in [6, 6.07) is 16.3. The number of allylic oxidation sites excluding steroid dienone is 1. The second-order valence-electron chi connectivity index (χ2n) is 11.2. The van der Waals surface area contributed by atoms with Crippen LogP contribution in [0.1, 0.15) is 57.2 Å². The molecule has 4 aromatic rings. The summed E-state index contributed by atoms with van der Waals surface area (Å²) in [5.41, 5.74) is -0.568. The lowest BCUT2D eigenvalue weighted by atomic mass is 9.81. The average molecular weight is 717 g/mol. The number of ether oxygens (including phenoxy) is 1. The molecule has 0 saturated carbocycles. The van der Waals surface area contributed by atoms with Crippen molar-refractivity contribution in [2.45, 2.75) is 36.4 Å². The van der Waals surface area contributed by atoms with Crippen molar-refractivity contribution in [2.75, 3.05) is 12.0 Å². The van der Waals surface area contributed by atoms with Crippen molar-refractivity contribution in [2.24, 2.45) is 0 Å². The number of hydrogen-bond donors (Lipinski definition) is 0. The number of benzene rings is 3. The zero-order chi connectivity index (χ0) is 36.0. The van der Waals surface area contributed by atoms with Crippen molar-refractivity contribution < 1.29 is 40.7 Å². The molecule has 0 fully saturated rings. The Bertz CT molecular complexity index is 2300. The molecule has 0 N–H and O–H groups in total. The molecule has 2 aliphatic rings. The number of amides is 2. The van der Waals surface area contributed by atoms with Gasteiger partial charge in [-0.25, -0.2) is 22.3 Å². The van der Waals surface area contributed by atoms with Crippen molar-refractivity contribution in [3.8, 4) is 23.3 Å². The second-order valence-corrected chi connectivity index (χ2v) is 13.9. The Morgan fingerprint density at radius 3 is 2.36 bits per heavy atom. The van der Waals surface area contributed by atoms with Crippen LogP contribution < -0.4 is 4.90 Å². The van der Waals surface area contributed by atoms with Crippen LogP contribution in [-0.2, 0) is 25.7 Å². The van der Waals surface area contributed by atoms with Gasteiger partial charge in [-0.15, -0.1) is 11.3 Å². The van der Waals surface area contributed by atoms with Gasteiger partial charge >= 0.3 is 18.2 Å². The highest BCUT2D eigenvalue weighted by molar-refractivity contribution is 7.89. The molecule has 0 bridgehead atoms. The Labute approximate surface area is 287 Å². The van der Waals surface area contributed by atoms with Crippen LogP contribution >= 0.6 is 11.3 Å². The number of alkyl halides is 3. The standard InChI is InChI=1S/C35H23F3N4O6S2/c1-48-33(44)29-16-25(19-49-29)50(46,47)42-32(26-8-2-5-22(18-40)30(26)21-13-11-20(17-39)12-14-21)31-27(9-4-10-28(31)43)41(34(42)45)24-7-3-6-23(15-24)35(36,37)38/h2-3,5-8,11-16,19,32H,4,9-10H2,1H3. The lowest BCUT2D eigenvalue weighted by Gasteiger charge is -2.44. The number of nitriles is 2. The van der Waals surface area contributed by atoms with Crippen LogP contribution in [0.15, 0.2) is 94.3 Å². The fourth-order valence-corrected chi connectivity index (χ4v) is 8.81. The van der Waals surface area contributed by atoms with E-state index in [1.165, 1.54) is 48.5 Å². The predicted molar refractivity (Wildman–Crippen MR) is 174 cm³/mol. The normalized spacial score (nSPS) is 16.5. The van der Waals surface area contributed by atoms with Gasteiger partial charge in [0, 0.05) is 28.6 Å². The molecule has 0 saturated heterocycles. The predicted octanol–water partition coefficient (Wildman–Crippen LogP) is 7.34. The highest BCUT2D eigenvalue weighted by Gasteiger charge is 2.51. The Morgan fingerprint density at radius 2 is 1.70 bits per heavy atom. The monoisotopic (exact) mass is 716 g/mol. The zero-order valence-electron chi connectivity index (χ0n) is 25.9. The van der Waals surface area contributed by atoms with Crippen LogP contribution in [0.4, 0.5) is 23.7 Å². The van der Waals surface area contributed by atoms with E-state index in [1.54, 1.807) is 0 Å². The Balaban J connectivity index is 1.69. The van der Waals surface area contributed by atoms with E-state index in [0.717, 1.165) is 46.9 Å². The topological polar surface area (TPSA) is 149 Å². The third-order valence-electron chi connectivity index (χ3n) is 8.35. The molecule has 2 heterocycles. The van der Waals surface area contributed by atoms with Crippen molar-refractivity contribution in [1.29, 1.82) is 10.5 Å². The number of urea groups is 1. The minimum atomic E-state index is -5.00. The van der Waals surface area contributed by atoms with Gasteiger partial charge in [0.1, 0.15) is 10.9 Å². The van der Waals surface area contributed by atoms with Gasteiger partial charge in [0.15, 0.2) is 5.78 Å². The molecule has 2 amide bonds. The van der Waals surface area contributed by atoms with E-state index < -0.39 is 50.5 Å². The number of halogens is 3. The van der Waals surface area contributed by atoms with E-state index in [2.05, 4.69) is 6.07 Å². The summed E-state index contributed by atoms with van der Waals surface area (Å²) in [7, 11) is -3.90. The molecule has 6 rings (SSSR count). The molecule has 1 aliphatic heterocycles. The summed E-state index contributed by atoms with van der Waals surface area (Å²) in [5.74, 6) is -1.39. The molecular formula is C35H23F3N4O6S2. The molecule has 1 unspecified atom stereocenters. The lowest BCUT2D eigenvalue weighted by molar-refractivity contribution is -0.137. The van der Waals surface area contributed by atoms with Gasteiger partial charge < -0.3 is 4.74 Å². The molecule has 50 heavy (non-hydrogen) atoms. The summed E-state index contributed by atoms with van der Waals surface area (Å²) < 4.78 is 76.1. The maximum absolute atomic E-state index is 14.8. The van der Waals surface area contributed by atoms with Gasteiger partial charge in [-0.3, -0.25) is 9.69 Å². The minimum absolute atomic E-state index is 0.0238. The Kier molecular flexibility index (Phi) is 8.82. The van der Waals surface area contributed by atoms with Gasteiger partial charge in [0.2, 0.25) is 0 Å². The van der Waals surface area contributed by atoms with E-state index in [-0.39, 0.29) is 57.8 Å². The van der Waals surface area contributed by atoms with E-state index >= 15 is 0 Å². The molecule has 1 atom stereocenters. The minimum Gasteiger partial charge on any atom is -0.465 e. The molecule has 1 aliphatic carbocycles. The van der Waals surface area contributed by atoms with Gasteiger partial charge in [0.25, 0.3) is 10.0 Å². The number of Topliss-reactive ketones (excluding diaryl/α,β-unsaturated/α-hetero) is 1. The number of rotatable bonds is 6. The Morgan fingerprint density at radius 1 is 0.980 bits per heavy atom. The lowest BCUT2D eigenvalue weighted by Crippen LogP contribution is -2.54. The number of hydrogen-bond acceptors (Lipinski definition) is 9. The summed E-state index contributed by atoms with van der Waals surface area (Å²) in [6.07, 6.45) is -4.59. The number of ketones is 1. The van der Waals surface area contributed by atoms with Crippen LogP contribution in [0.2, 0.25) is 0 Å². The van der Waals surface area contributed by atoms with Crippen LogP contribution in [-0.4, -0.2) is 37.6 Å². The number of sulfonamides is 1. The SMILES string of the molecule is COC(=O)c1cc(S(=O)(=O)N2C(=O)N(c3cccc(C(F)(F)F)c3)C3=C(C(=O)CCC3)C2c2cccc(C#N)c2-c2ccc(C#N)cc2)cs1. The van der Waals surface area contributed by atoms with Crippen LogP contribution in [0, 0.1) is 22.7 Å². The first-order valence-corrected chi connectivity index (χ1v) is 17.2. The number of methoxy groups -OCH3 is 1. The number of anilines is 1. The molecule has 0 radical (unpaired) electrons. The fraction of sp³-hybridized carbons (Fsp3) is 0.171. The molecule has 252 valence electrons. The van der Waals surface area contributed by atoms with E-state index in [9.17, 15) is 46.5 Å².